The van der Waals surface area contributed by atoms with Crippen LogP contribution in [0, 0.1) is 13.8 Å². The first-order valence-electron chi connectivity index (χ1n) is 5.84. The fourth-order valence-corrected chi connectivity index (χ4v) is 2.27. The van der Waals surface area contributed by atoms with Crippen molar-refractivity contribution in [3.8, 4) is 0 Å². The van der Waals surface area contributed by atoms with Gasteiger partial charge in [-0.2, -0.15) is 0 Å². The maximum Gasteiger partial charge on any atom is 0.0143 e. The molecule has 0 nitrogen and oxygen atoms in total. The molecule has 1 heteroatoms. The van der Waals surface area contributed by atoms with Gasteiger partial charge >= 0.3 is 0 Å². The summed E-state index contributed by atoms with van der Waals surface area (Å²) in [6, 6.07) is 6.58. The van der Waals surface area contributed by atoms with Gasteiger partial charge in [0.05, 0.1) is 0 Å². The van der Waals surface area contributed by atoms with Crippen LogP contribution in [-0.4, -0.2) is 4.83 Å². The van der Waals surface area contributed by atoms with E-state index in [0.717, 1.165) is 0 Å². The van der Waals surface area contributed by atoms with Crippen molar-refractivity contribution in [1.29, 1.82) is 0 Å². The standard InChI is InChI=1S/C14H21Br/c1-4-13(15)9-6-10-14-11(2)7-5-8-12(14)3/h5,7-8,13H,4,6,9-10H2,1-3H3. The first kappa shape index (κ1) is 12.8. The zero-order valence-corrected chi connectivity index (χ0v) is 11.6. The fourth-order valence-electron chi connectivity index (χ4n) is 1.95. The normalized spacial score (nSPS) is 12.8. The lowest BCUT2D eigenvalue weighted by Crippen LogP contribution is -1.99. The number of halogens is 1. The van der Waals surface area contributed by atoms with Crippen LogP contribution in [0.5, 0.6) is 0 Å². The highest BCUT2D eigenvalue weighted by atomic mass is 79.9. The highest BCUT2D eigenvalue weighted by Crippen LogP contribution is 2.19. The number of rotatable bonds is 5. The number of hydrogen-bond donors (Lipinski definition) is 0. The predicted molar refractivity (Wildman–Crippen MR) is 71.9 cm³/mol. The van der Waals surface area contributed by atoms with Gasteiger partial charge in [0.15, 0.2) is 0 Å². The summed E-state index contributed by atoms with van der Waals surface area (Å²) in [5.41, 5.74) is 4.43. The van der Waals surface area contributed by atoms with Gasteiger partial charge in [-0.1, -0.05) is 41.1 Å². The third-order valence-electron chi connectivity index (χ3n) is 3.03. The molecule has 1 atom stereocenters. The van der Waals surface area contributed by atoms with Crippen molar-refractivity contribution in [2.24, 2.45) is 0 Å². The van der Waals surface area contributed by atoms with Gasteiger partial charge in [0.1, 0.15) is 0 Å². The molecule has 1 aromatic carbocycles. The summed E-state index contributed by atoms with van der Waals surface area (Å²) in [4.78, 5) is 0.696. The topological polar surface area (TPSA) is 0 Å². The molecule has 0 aliphatic rings. The summed E-state index contributed by atoms with van der Waals surface area (Å²) in [5, 5.41) is 0. The average molecular weight is 269 g/mol. The van der Waals surface area contributed by atoms with Crippen LogP contribution in [0.3, 0.4) is 0 Å². The molecule has 0 aromatic heterocycles. The summed E-state index contributed by atoms with van der Waals surface area (Å²) in [7, 11) is 0. The quantitative estimate of drug-likeness (QED) is 0.673. The monoisotopic (exact) mass is 268 g/mol. The molecule has 0 aliphatic heterocycles. The molecule has 0 heterocycles. The second kappa shape index (κ2) is 6.32. The lowest BCUT2D eigenvalue weighted by atomic mass is 9.97. The third-order valence-corrected chi connectivity index (χ3v) is 4.14. The molecule has 0 spiro atoms. The molecular formula is C14H21Br. The summed E-state index contributed by atoms with van der Waals surface area (Å²) >= 11 is 3.69. The van der Waals surface area contributed by atoms with Crippen molar-refractivity contribution in [1.82, 2.24) is 0 Å². The molecule has 0 N–H and O–H groups in total. The van der Waals surface area contributed by atoms with Crippen molar-refractivity contribution in [2.75, 3.05) is 0 Å². The maximum absolute atomic E-state index is 3.69. The van der Waals surface area contributed by atoms with Gasteiger partial charge in [-0.05, 0) is 56.2 Å². The van der Waals surface area contributed by atoms with Crippen molar-refractivity contribution in [2.45, 2.75) is 51.3 Å². The van der Waals surface area contributed by atoms with Crippen molar-refractivity contribution >= 4 is 15.9 Å². The Morgan fingerprint density at radius 2 is 1.80 bits per heavy atom. The molecule has 1 rings (SSSR count). The molecule has 84 valence electrons. The van der Waals surface area contributed by atoms with Gasteiger partial charge < -0.3 is 0 Å². The highest BCUT2D eigenvalue weighted by molar-refractivity contribution is 9.09. The van der Waals surface area contributed by atoms with E-state index in [9.17, 15) is 0 Å². The molecular weight excluding hydrogens is 248 g/mol. The molecule has 0 fully saturated rings. The Morgan fingerprint density at radius 1 is 1.20 bits per heavy atom. The minimum absolute atomic E-state index is 0.696. The SMILES string of the molecule is CCC(Br)CCCc1c(C)cccc1C. The Hall–Kier alpha value is -0.300. The van der Waals surface area contributed by atoms with Crippen LogP contribution in [-0.2, 0) is 6.42 Å². The van der Waals surface area contributed by atoms with Crippen LogP contribution in [0.4, 0.5) is 0 Å². The van der Waals surface area contributed by atoms with E-state index in [4.69, 9.17) is 0 Å². The largest absolute Gasteiger partial charge is 0.0891 e. The highest BCUT2D eigenvalue weighted by Gasteiger charge is 2.04. The Kier molecular flexibility index (Phi) is 5.38. The minimum atomic E-state index is 0.696. The fraction of sp³-hybridized carbons (Fsp3) is 0.571. The van der Waals surface area contributed by atoms with Crippen LogP contribution < -0.4 is 0 Å². The van der Waals surface area contributed by atoms with E-state index in [1.54, 1.807) is 5.56 Å². The van der Waals surface area contributed by atoms with Gasteiger partial charge in [-0.3, -0.25) is 0 Å². The van der Waals surface area contributed by atoms with Crippen LogP contribution in [0.2, 0.25) is 0 Å². The van der Waals surface area contributed by atoms with Crippen LogP contribution >= 0.6 is 15.9 Å². The van der Waals surface area contributed by atoms with Gasteiger partial charge in [0.2, 0.25) is 0 Å². The summed E-state index contributed by atoms with van der Waals surface area (Å²) in [5.74, 6) is 0. The van der Waals surface area contributed by atoms with E-state index in [2.05, 4.69) is 54.9 Å². The summed E-state index contributed by atoms with van der Waals surface area (Å²) in [6.45, 7) is 6.67. The third kappa shape index (κ3) is 3.98. The Balaban J connectivity index is 2.50. The first-order chi connectivity index (χ1) is 7.15. The second-order valence-corrected chi connectivity index (χ2v) is 5.56. The lowest BCUT2D eigenvalue weighted by molar-refractivity contribution is 0.687. The van der Waals surface area contributed by atoms with Crippen LogP contribution in [0.15, 0.2) is 18.2 Å². The molecule has 1 unspecified atom stereocenters. The molecule has 1 aromatic rings. The van der Waals surface area contributed by atoms with Crippen molar-refractivity contribution in [3.05, 3.63) is 34.9 Å². The van der Waals surface area contributed by atoms with Crippen LogP contribution in [0.25, 0.3) is 0 Å². The van der Waals surface area contributed by atoms with E-state index in [1.165, 1.54) is 36.8 Å². The summed E-state index contributed by atoms with van der Waals surface area (Å²) in [6.07, 6.45) is 5.02. The van der Waals surface area contributed by atoms with Crippen molar-refractivity contribution < 1.29 is 0 Å². The molecule has 0 radical (unpaired) electrons. The zero-order chi connectivity index (χ0) is 11.3. The van der Waals surface area contributed by atoms with Gasteiger partial charge in [0.25, 0.3) is 0 Å². The lowest BCUT2D eigenvalue weighted by Gasteiger charge is -2.11. The van der Waals surface area contributed by atoms with E-state index in [1.807, 2.05) is 0 Å². The Labute approximate surface area is 102 Å². The number of alkyl halides is 1. The summed E-state index contributed by atoms with van der Waals surface area (Å²) < 4.78 is 0. The zero-order valence-electron chi connectivity index (χ0n) is 10.0. The molecule has 0 aliphatic carbocycles. The second-order valence-electron chi connectivity index (χ2n) is 4.27. The first-order valence-corrected chi connectivity index (χ1v) is 6.76. The number of hydrogen-bond acceptors (Lipinski definition) is 0. The maximum atomic E-state index is 3.69. The smallest absolute Gasteiger partial charge is 0.0143 e. The Bertz CT molecular complexity index is 284. The molecule has 0 bridgehead atoms. The number of aryl methyl sites for hydroxylation is 2. The molecule has 0 saturated heterocycles. The van der Waals surface area contributed by atoms with E-state index >= 15 is 0 Å². The van der Waals surface area contributed by atoms with Gasteiger partial charge in [-0.15, -0.1) is 0 Å². The molecule has 0 amide bonds. The molecule has 0 saturated carbocycles. The van der Waals surface area contributed by atoms with Gasteiger partial charge in [0, 0.05) is 4.83 Å². The Morgan fingerprint density at radius 3 is 2.33 bits per heavy atom. The van der Waals surface area contributed by atoms with Crippen molar-refractivity contribution in [3.63, 3.8) is 0 Å². The van der Waals surface area contributed by atoms with E-state index in [0.29, 0.717) is 4.83 Å². The molecule has 15 heavy (non-hydrogen) atoms. The predicted octanol–water partition coefficient (Wildman–Crippen LogP) is 4.80. The van der Waals surface area contributed by atoms with Crippen LogP contribution in [0.1, 0.15) is 42.9 Å². The number of benzene rings is 1. The van der Waals surface area contributed by atoms with E-state index in [-0.39, 0.29) is 0 Å². The average Bonchev–Trinajstić information content (AvgIpc) is 2.22. The van der Waals surface area contributed by atoms with Gasteiger partial charge in [-0.25, -0.2) is 0 Å². The van der Waals surface area contributed by atoms with E-state index < -0.39 is 0 Å². The minimum Gasteiger partial charge on any atom is -0.0891 e.